The summed E-state index contributed by atoms with van der Waals surface area (Å²) in [5.41, 5.74) is 0. The Morgan fingerprint density at radius 1 is 1.30 bits per heavy atom. The Hall–Kier alpha value is -0.810. The topological polar surface area (TPSA) is 66.4 Å². The van der Waals surface area contributed by atoms with Gasteiger partial charge in [-0.05, 0) is 18.8 Å². The fourth-order valence-electron chi connectivity index (χ4n) is 1.76. The first-order valence-electron chi connectivity index (χ1n) is 7.14. The smallest absolute Gasteiger partial charge is 0.216 e. The fraction of sp³-hybridized carbons (Fsp3) is 0.733. The van der Waals surface area contributed by atoms with Crippen molar-refractivity contribution in [3.05, 3.63) is 12.2 Å². The van der Waals surface area contributed by atoms with Gasteiger partial charge in [0.2, 0.25) is 5.91 Å². The van der Waals surface area contributed by atoms with Crippen LogP contribution in [0.1, 0.15) is 40.5 Å². The molecule has 0 fully saturated rings. The lowest BCUT2D eigenvalue weighted by atomic mass is 9.91. The van der Waals surface area contributed by atoms with Gasteiger partial charge < -0.3 is 10.4 Å². The van der Waals surface area contributed by atoms with Crippen molar-refractivity contribution in [2.45, 2.75) is 46.6 Å². The Morgan fingerprint density at radius 2 is 1.95 bits per heavy atom. The van der Waals surface area contributed by atoms with Crippen LogP contribution in [0.2, 0.25) is 0 Å². The fourth-order valence-corrected chi connectivity index (χ4v) is 2.57. The van der Waals surface area contributed by atoms with Gasteiger partial charge in [-0.2, -0.15) is 0 Å². The van der Waals surface area contributed by atoms with Crippen LogP contribution in [0.4, 0.5) is 0 Å². The van der Waals surface area contributed by atoms with Gasteiger partial charge in [0.05, 0.1) is 12.0 Å². The Bertz CT molecular complexity index is 331. The molecule has 2 N–H and O–H groups in total. The number of carbonyl (C=O) groups is 2. The number of hydrogen-bond acceptors (Lipinski definition) is 4. The van der Waals surface area contributed by atoms with Gasteiger partial charge in [-0.25, -0.2) is 0 Å². The highest BCUT2D eigenvalue weighted by atomic mass is 32.2. The molecular weight excluding hydrogens is 274 g/mol. The van der Waals surface area contributed by atoms with E-state index in [1.54, 1.807) is 6.92 Å². The number of aliphatic hydroxyl groups excluding tert-OH is 1. The average Bonchev–Trinajstić information content (AvgIpc) is 2.41. The van der Waals surface area contributed by atoms with Crippen molar-refractivity contribution in [3.63, 3.8) is 0 Å². The molecule has 0 aliphatic carbocycles. The van der Waals surface area contributed by atoms with Gasteiger partial charge in [-0.3, -0.25) is 9.59 Å². The van der Waals surface area contributed by atoms with E-state index >= 15 is 0 Å². The molecule has 0 aromatic rings. The molecule has 0 bridgehead atoms. The lowest BCUT2D eigenvalue weighted by Crippen LogP contribution is -2.30. The molecule has 0 aromatic carbocycles. The van der Waals surface area contributed by atoms with E-state index in [-0.39, 0.29) is 22.9 Å². The Balaban J connectivity index is 4.07. The second kappa shape index (κ2) is 10.9. The number of thioether (sulfide) groups is 1. The third kappa shape index (κ3) is 8.38. The van der Waals surface area contributed by atoms with Crippen LogP contribution in [-0.4, -0.2) is 34.5 Å². The minimum Gasteiger partial charge on any atom is -0.392 e. The minimum absolute atomic E-state index is 0.0193. The molecule has 20 heavy (non-hydrogen) atoms. The Kier molecular flexibility index (Phi) is 10.5. The molecule has 0 rings (SSSR count). The van der Waals surface area contributed by atoms with Gasteiger partial charge in [-0.15, -0.1) is 0 Å². The third-order valence-corrected chi connectivity index (χ3v) is 4.16. The van der Waals surface area contributed by atoms with Crippen LogP contribution < -0.4 is 5.32 Å². The molecule has 0 aliphatic heterocycles. The average molecular weight is 301 g/mol. The monoisotopic (exact) mass is 301 g/mol. The third-order valence-electron chi connectivity index (χ3n) is 3.10. The summed E-state index contributed by atoms with van der Waals surface area (Å²) in [5.74, 6) is 0.122. The van der Waals surface area contributed by atoms with Crippen molar-refractivity contribution in [3.8, 4) is 0 Å². The summed E-state index contributed by atoms with van der Waals surface area (Å²) in [7, 11) is 0. The van der Waals surface area contributed by atoms with E-state index in [9.17, 15) is 14.7 Å². The molecule has 116 valence electrons. The van der Waals surface area contributed by atoms with Crippen LogP contribution in [0.25, 0.3) is 0 Å². The van der Waals surface area contributed by atoms with Gasteiger partial charge in [-0.1, -0.05) is 44.7 Å². The highest BCUT2D eigenvalue weighted by molar-refractivity contribution is 8.13. The van der Waals surface area contributed by atoms with Gasteiger partial charge in [0.15, 0.2) is 5.12 Å². The first-order valence-corrected chi connectivity index (χ1v) is 8.12. The highest BCUT2D eigenvalue weighted by Crippen LogP contribution is 2.21. The number of carbonyl (C=O) groups excluding carboxylic acids is 2. The van der Waals surface area contributed by atoms with Crippen LogP contribution in [0.15, 0.2) is 12.2 Å². The maximum atomic E-state index is 11.9. The molecule has 0 saturated carbocycles. The van der Waals surface area contributed by atoms with Crippen LogP contribution in [0.5, 0.6) is 0 Å². The number of amides is 1. The summed E-state index contributed by atoms with van der Waals surface area (Å²) in [6, 6.07) is 0. The molecular formula is C15H27NO3S. The normalized spacial score (nSPS) is 15.8. The van der Waals surface area contributed by atoms with Crippen molar-refractivity contribution in [2.75, 3.05) is 12.3 Å². The summed E-state index contributed by atoms with van der Waals surface area (Å²) >= 11 is 1.17. The number of hydrogen-bond donors (Lipinski definition) is 2. The predicted molar refractivity (Wildman–Crippen MR) is 84.5 cm³/mol. The minimum atomic E-state index is -0.628. The first kappa shape index (κ1) is 19.2. The molecule has 0 aromatic heterocycles. The van der Waals surface area contributed by atoms with E-state index in [2.05, 4.69) is 24.4 Å². The largest absolute Gasteiger partial charge is 0.392 e. The van der Waals surface area contributed by atoms with Crippen LogP contribution in [-0.2, 0) is 9.59 Å². The number of allylic oxidation sites excluding steroid dienone is 2. The van der Waals surface area contributed by atoms with Crippen molar-refractivity contribution in [1.82, 2.24) is 5.32 Å². The second-order valence-corrected chi connectivity index (χ2v) is 6.12. The zero-order chi connectivity index (χ0) is 15.5. The quantitative estimate of drug-likeness (QED) is 0.507. The lowest BCUT2D eigenvalue weighted by Gasteiger charge is -2.22. The number of rotatable bonds is 9. The summed E-state index contributed by atoms with van der Waals surface area (Å²) in [6.07, 6.45) is 5.25. The molecule has 0 radical (unpaired) electrons. The molecule has 0 saturated heterocycles. The van der Waals surface area contributed by atoms with Gasteiger partial charge in [0.25, 0.3) is 0 Å². The SMILES string of the molecule is CC/C=C/C[C@H](C)[C@@H](O)[C@@H](C)C(=O)SCCNC(C)=O. The zero-order valence-corrected chi connectivity index (χ0v) is 13.7. The van der Waals surface area contributed by atoms with Gasteiger partial charge in [0, 0.05) is 19.2 Å². The van der Waals surface area contributed by atoms with Gasteiger partial charge in [0.1, 0.15) is 0 Å². The summed E-state index contributed by atoms with van der Waals surface area (Å²) in [4.78, 5) is 22.6. The second-order valence-electron chi connectivity index (χ2n) is 5.02. The van der Waals surface area contributed by atoms with E-state index in [4.69, 9.17) is 0 Å². The Morgan fingerprint density at radius 3 is 2.50 bits per heavy atom. The first-order chi connectivity index (χ1) is 9.40. The molecule has 1 amide bonds. The molecule has 4 nitrogen and oxygen atoms in total. The molecule has 0 aliphatic rings. The van der Waals surface area contributed by atoms with Crippen molar-refractivity contribution < 1.29 is 14.7 Å². The maximum Gasteiger partial charge on any atom is 0.216 e. The van der Waals surface area contributed by atoms with Crippen molar-refractivity contribution in [1.29, 1.82) is 0 Å². The van der Waals surface area contributed by atoms with Crippen molar-refractivity contribution >= 4 is 22.8 Å². The summed E-state index contributed by atoms with van der Waals surface area (Å²) in [6.45, 7) is 7.71. The zero-order valence-electron chi connectivity index (χ0n) is 12.9. The molecule has 5 heteroatoms. The highest BCUT2D eigenvalue weighted by Gasteiger charge is 2.26. The van der Waals surface area contributed by atoms with Crippen LogP contribution in [0, 0.1) is 11.8 Å². The van der Waals surface area contributed by atoms with Crippen LogP contribution >= 0.6 is 11.8 Å². The standard InChI is InChI=1S/C15H27NO3S/c1-5-6-7-8-11(2)14(18)12(3)15(19)20-10-9-16-13(4)17/h6-7,11-12,14,18H,5,8-10H2,1-4H3,(H,16,17)/b7-6+/t11-,12+,14+/m0/s1. The van der Waals surface area contributed by atoms with Crippen molar-refractivity contribution in [2.24, 2.45) is 11.8 Å². The van der Waals surface area contributed by atoms with E-state index in [1.165, 1.54) is 18.7 Å². The van der Waals surface area contributed by atoms with E-state index in [0.717, 1.165) is 12.8 Å². The predicted octanol–water partition coefficient (Wildman–Crippen LogP) is 2.37. The van der Waals surface area contributed by atoms with Gasteiger partial charge >= 0.3 is 0 Å². The maximum absolute atomic E-state index is 11.9. The van der Waals surface area contributed by atoms with E-state index in [1.807, 2.05) is 6.92 Å². The van der Waals surface area contributed by atoms with Crippen LogP contribution in [0.3, 0.4) is 0 Å². The number of nitrogens with one attached hydrogen (secondary N) is 1. The van der Waals surface area contributed by atoms with E-state index < -0.39 is 6.10 Å². The Labute approximate surface area is 126 Å². The number of aliphatic hydroxyl groups is 1. The lowest BCUT2D eigenvalue weighted by molar-refractivity contribution is -0.119. The molecule has 0 spiro atoms. The summed E-state index contributed by atoms with van der Waals surface area (Å²) in [5, 5.41) is 12.8. The molecule has 0 unspecified atom stereocenters. The molecule has 0 heterocycles. The summed E-state index contributed by atoms with van der Waals surface area (Å²) < 4.78 is 0. The molecule has 3 atom stereocenters. The van der Waals surface area contributed by atoms with E-state index in [0.29, 0.717) is 12.3 Å².